The van der Waals surface area contributed by atoms with Crippen molar-refractivity contribution in [2.24, 2.45) is 0 Å². The number of hydrogen-bond donors (Lipinski definition) is 0. The summed E-state index contributed by atoms with van der Waals surface area (Å²) in [4.78, 5) is 19.0. The summed E-state index contributed by atoms with van der Waals surface area (Å²) >= 11 is 0. The van der Waals surface area contributed by atoms with Crippen molar-refractivity contribution in [2.45, 2.75) is 32.8 Å². The molecule has 25 heavy (non-hydrogen) atoms. The molecular formula is C20H24N2O3. The van der Waals surface area contributed by atoms with Crippen LogP contribution in [0.1, 0.15) is 35.7 Å². The van der Waals surface area contributed by atoms with Crippen LogP contribution in [0.25, 0.3) is 0 Å². The summed E-state index contributed by atoms with van der Waals surface area (Å²) in [5.41, 5.74) is 2.61. The van der Waals surface area contributed by atoms with Crippen molar-refractivity contribution in [2.75, 3.05) is 24.7 Å². The molecule has 0 unspecified atom stereocenters. The van der Waals surface area contributed by atoms with Crippen LogP contribution in [0.3, 0.4) is 0 Å². The van der Waals surface area contributed by atoms with Gasteiger partial charge in [0.25, 0.3) is 5.91 Å². The molecule has 3 rings (SSSR count). The van der Waals surface area contributed by atoms with E-state index in [1.54, 1.807) is 23.2 Å². The normalized spacial score (nSPS) is 15.0. The lowest BCUT2D eigenvalue weighted by Gasteiger charge is -2.24. The van der Waals surface area contributed by atoms with E-state index < -0.39 is 0 Å². The lowest BCUT2D eigenvalue weighted by molar-refractivity contribution is 0.0237. The van der Waals surface area contributed by atoms with E-state index in [0.717, 1.165) is 24.1 Å². The summed E-state index contributed by atoms with van der Waals surface area (Å²) < 4.78 is 11.3. The third-order valence-corrected chi connectivity index (χ3v) is 4.31. The van der Waals surface area contributed by atoms with Crippen LogP contribution in [0.2, 0.25) is 0 Å². The van der Waals surface area contributed by atoms with E-state index in [-0.39, 0.29) is 12.0 Å². The summed E-state index contributed by atoms with van der Waals surface area (Å²) in [6.07, 6.45) is 3.44. The Labute approximate surface area is 148 Å². The Morgan fingerprint density at radius 1 is 1.28 bits per heavy atom. The van der Waals surface area contributed by atoms with Crippen LogP contribution in [-0.4, -0.2) is 36.8 Å². The molecule has 0 N–H and O–H groups in total. The van der Waals surface area contributed by atoms with E-state index in [4.69, 9.17) is 9.47 Å². The Kier molecular flexibility index (Phi) is 5.66. The summed E-state index contributed by atoms with van der Waals surface area (Å²) in [5.74, 6) is 0.449. The molecule has 0 saturated carbocycles. The molecule has 0 aliphatic carbocycles. The highest BCUT2D eigenvalue weighted by Crippen LogP contribution is 2.21. The number of anilines is 1. The van der Waals surface area contributed by atoms with Gasteiger partial charge in [-0.15, -0.1) is 0 Å². The Balaban J connectivity index is 1.77. The molecule has 1 fully saturated rings. The van der Waals surface area contributed by atoms with Gasteiger partial charge in [-0.3, -0.25) is 4.79 Å². The Bertz CT molecular complexity index is 726. The fraction of sp³-hybridized carbons (Fsp3) is 0.400. The van der Waals surface area contributed by atoms with Crippen molar-refractivity contribution in [1.82, 2.24) is 4.98 Å². The summed E-state index contributed by atoms with van der Waals surface area (Å²) in [5, 5.41) is 0. The van der Waals surface area contributed by atoms with Crippen LogP contribution < -0.4 is 9.64 Å². The van der Waals surface area contributed by atoms with Gasteiger partial charge in [0.15, 0.2) is 0 Å². The van der Waals surface area contributed by atoms with Crippen LogP contribution in [0, 0.1) is 6.92 Å². The van der Waals surface area contributed by atoms with Crippen LogP contribution >= 0.6 is 0 Å². The van der Waals surface area contributed by atoms with Crippen molar-refractivity contribution < 1.29 is 14.3 Å². The Morgan fingerprint density at radius 3 is 2.80 bits per heavy atom. The number of amides is 1. The monoisotopic (exact) mass is 340 g/mol. The minimum Gasteiger partial charge on any atom is -0.474 e. The molecular weight excluding hydrogens is 316 g/mol. The SMILES string of the molecule is CCN(C(=O)c1ccnc(OC2CCOCC2)c1)c1cccc(C)c1. The molecule has 132 valence electrons. The van der Waals surface area contributed by atoms with Crippen molar-refractivity contribution in [1.29, 1.82) is 0 Å². The zero-order valence-electron chi connectivity index (χ0n) is 14.8. The molecule has 2 aromatic rings. The van der Waals surface area contributed by atoms with Gasteiger partial charge in [0.2, 0.25) is 5.88 Å². The first-order valence-corrected chi connectivity index (χ1v) is 8.76. The number of pyridine rings is 1. The average Bonchev–Trinajstić information content (AvgIpc) is 2.63. The smallest absolute Gasteiger partial charge is 0.258 e. The number of benzene rings is 1. The number of aromatic nitrogens is 1. The number of carbonyl (C=O) groups is 1. The summed E-state index contributed by atoms with van der Waals surface area (Å²) in [6, 6.07) is 11.4. The van der Waals surface area contributed by atoms with Gasteiger partial charge in [0.1, 0.15) is 6.10 Å². The highest BCUT2D eigenvalue weighted by atomic mass is 16.5. The summed E-state index contributed by atoms with van der Waals surface area (Å²) in [7, 11) is 0. The van der Waals surface area contributed by atoms with E-state index >= 15 is 0 Å². The molecule has 1 aromatic carbocycles. The largest absolute Gasteiger partial charge is 0.474 e. The second kappa shape index (κ2) is 8.12. The van der Waals surface area contributed by atoms with E-state index in [2.05, 4.69) is 4.98 Å². The number of aryl methyl sites for hydroxylation is 1. The molecule has 1 aliphatic heterocycles. The zero-order valence-corrected chi connectivity index (χ0v) is 14.8. The average molecular weight is 340 g/mol. The Morgan fingerprint density at radius 2 is 2.08 bits per heavy atom. The number of carbonyl (C=O) groups excluding carboxylic acids is 1. The highest BCUT2D eigenvalue weighted by Gasteiger charge is 2.19. The standard InChI is InChI=1S/C20H24N2O3/c1-3-22(17-6-4-5-15(2)13-17)20(23)16-7-10-21-19(14-16)25-18-8-11-24-12-9-18/h4-7,10,13-14,18H,3,8-9,11-12H2,1-2H3. The molecule has 1 saturated heterocycles. The summed E-state index contributed by atoms with van der Waals surface area (Å²) in [6.45, 7) is 6.01. The first-order valence-electron chi connectivity index (χ1n) is 8.76. The number of nitrogens with zero attached hydrogens (tertiary/aromatic N) is 2. The van der Waals surface area contributed by atoms with Crippen molar-refractivity contribution in [3.05, 3.63) is 53.7 Å². The van der Waals surface area contributed by atoms with E-state index in [1.807, 2.05) is 38.1 Å². The van der Waals surface area contributed by atoms with Crippen molar-refractivity contribution >= 4 is 11.6 Å². The van der Waals surface area contributed by atoms with Gasteiger partial charge in [0.05, 0.1) is 13.2 Å². The second-order valence-corrected chi connectivity index (χ2v) is 6.20. The van der Waals surface area contributed by atoms with E-state index in [1.165, 1.54) is 0 Å². The predicted molar refractivity (Wildman–Crippen MR) is 97.2 cm³/mol. The molecule has 5 nitrogen and oxygen atoms in total. The third kappa shape index (κ3) is 4.37. The molecule has 0 bridgehead atoms. The molecule has 0 radical (unpaired) electrons. The molecule has 2 heterocycles. The topological polar surface area (TPSA) is 51.7 Å². The van der Waals surface area contributed by atoms with Crippen molar-refractivity contribution in [3.63, 3.8) is 0 Å². The zero-order chi connectivity index (χ0) is 17.6. The van der Waals surface area contributed by atoms with Crippen LogP contribution in [0.5, 0.6) is 5.88 Å². The minimum absolute atomic E-state index is 0.0488. The van der Waals surface area contributed by atoms with Gasteiger partial charge in [-0.05, 0) is 37.6 Å². The maximum Gasteiger partial charge on any atom is 0.258 e. The first kappa shape index (κ1) is 17.4. The van der Waals surface area contributed by atoms with E-state index in [9.17, 15) is 4.79 Å². The molecule has 0 spiro atoms. The second-order valence-electron chi connectivity index (χ2n) is 6.20. The van der Waals surface area contributed by atoms with Crippen molar-refractivity contribution in [3.8, 4) is 5.88 Å². The van der Waals surface area contributed by atoms with Gasteiger partial charge in [-0.2, -0.15) is 0 Å². The van der Waals surface area contributed by atoms with Gasteiger partial charge in [-0.25, -0.2) is 4.98 Å². The van der Waals surface area contributed by atoms with Gasteiger partial charge in [-0.1, -0.05) is 12.1 Å². The fourth-order valence-electron chi connectivity index (χ4n) is 2.97. The van der Waals surface area contributed by atoms with Crippen LogP contribution in [0.15, 0.2) is 42.6 Å². The van der Waals surface area contributed by atoms with Gasteiger partial charge in [0, 0.05) is 42.9 Å². The number of hydrogen-bond acceptors (Lipinski definition) is 4. The van der Waals surface area contributed by atoms with Gasteiger partial charge >= 0.3 is 0 Å². The number of ether oxygens (including phenoxy) is 2. The highest BCUT2D eigenvalue weighted by molar-refractivity contribution is 6.06. The van der Waals surface area contributed by atoms with Crippen LogP contribution in [-0.2, 0) is 4.74 Å². The number of rotatable bonds is 5. The van der Waals surface area contributed by atoms with Gasteiger partial charge < -0.3 is 14.4 Å². The van der Waals surface area contributed by atoms with E-state index in [0.29, 0.717) is 31.2 Å². The maximum atomic E-state index is 13.0. The fourth-order valence-corrected chi connectivity index (χ4v) is 2.97. The molecule has 5 heteroatoms. The molecule has 0 atom stereocenters. The minimum atomic E-state index is -0.0488. The quantitative estimate of drug-likeness (QED) is 0.834. The first-order chi connectivity index (χ1) is 12.2. The molecule has 1 aliphatic rings. The maximum absolute atomic E-state index is 13.0. The van der Waals surface area contributed by atoms with Crippen LogP contribution in [0.4, 0.5) is 5.69 Å². The third-order valence-electron chi connectivity index (χ3n) is 4.31. The molecule has 1 amide bonds. The Hall–Kier alpha value is -2.40. The lowest BCUT2D eigenvalue weighted by Crippen LogP contribution is -2.31. The lowest BCUT2D eigenvalue weighted by atomic mass is 10.1. The predicted octanol–water partition coefficient (Wildman–Crippen LogP) is 3.61. The molecule has 1 aromatic heterocycles.